The molecule has 0 atom stereocenters. The third-order valence-corrected chi connectivity index (χ3v) is 7.14. The van der Waals surface area contributed by atoms with Gasteiger partial charge in [-0.2, -0.15) is 0 Å². The average Bonchev–Trinajstić information content (AvgIpc) is 3.38. The standard InChI is InChI=1S/C23H27N5O2.CH4/c24-20(29)19-15-4-3-5-16(15)22(28-18-7-2-1-6-17(18)26-21(19)28)27-11-8-23(9-12-27)14-25-10-13-30-23;/h1-2,6-7,25H,3-5,8-14H2,(H2,24,29);1H4. The summed E-state index contributed by atoms with van der Waals surface area (Å²) in [6.07, 6.45) is 4.93. The summed E-state index contributed by atoms with van der Waals surface area (Å²) in [7, 11) is 0. The van der Waals surface area contributed by atoms with Gasteiger partial charge in [-0.25, -0.2) is 4.98 Å². The van der Waals surface area contributed by atoms with Crippen molar-refractivity contribution in [1.82, 2.24) is 14.7 Å². The minimum atomic E-state index is -0.376. The molecule has 0 bridgehead atoms. The zero-order valence-corrected chi connectivity index (χ0v) is 17.1. The molecule has 0 saturated carbocycles. The van der Waals surface area contributed by atoms with Crippen LogP contribution in [0.1, 0.15) is 48.2 Å². The smallest absolute Gasteiger partial charge is 0.252 e. The third kappa shape index (κ3) is 3.02. The molecule has 3 aromatic rings. The predicted octanol–water partition coefficient (Wildman–Crippen LogP) is 2.67. The first kappa shape index (κ1) is 20.3. The van der Waals surface area contributed by atoms with Gasteiger partial charge < -0.3 is 20.7 Å². The van der Waals surface area contributed by atoms with Crippen molar-refractivity contribution in [2.75, 3.05) is 37.7 Å². The molecule has 2 saturated heterocycles. The van der Waals surface area contributed by atoms with Crippen molar-refractivity contribution in [2.45, 2.75) is 45.1 Å². The van der Waals surface area contributed by atoms with Crippen molar-refractivity contribution in [3.8, 4) is 0 Å². The summed E-state index contributed by atoms with van der Waals surface area (Å²) >= 11 is 0. The van der Waals surface area contributed by atoms with Gasteiger partial charge in [0.25, 0.3) is 5.91 Å². The molecule has 1 amide bonds. The summed E-state index contributed by atoms with van der Waals surface area (Å²) in [6, 6.07) is 8.12. The molecule has 31 heavy (non-hydrogen) atoms. The number of aromatic nitrogens is 2. The highest BCUT2D eigenvalue weighted by Gasteiger charge is 2.39. The van der Waals surface area contributed by atoms with Crippen molar-refractivity contribution < 1.29 is 9.53 Å². The first-order valence-electron chi connectivity index (χ1n) is 11.0. The second-order valence-corrected chi connectivity index (χ2v) is 8.83. The van der Waals surface area contributed by atoms with Crippen molar-refractivity contribution in [2.24, 2.45) is 5.73 Å². The first-order chi connectivity index (χ1) is 14.7. The lowest BCUT2D eigenvalue weighted by Crippen LogP contribution is -2.56. The van der Waals surface area contributed by atoms with Crippen LogP contribution in [0.5, 0.6) is 0 Å². The van der Waals surface area contributed by atoms with Crippen LogP contribution in [0.4, 0.5) is 5.82 Å². The van der Waals surface area contributed by atoms with Gasteiger partial charge in [0.2, 0.25) is 0 Å². The lowest BCUT2D eigenvalue weighted by Gasteiger charge is -2.45. The van der Waals surface area contributed by atoms with Gasteiger partial charge in [0, 0.05) is 26.2 Å². The van der Waals surface area contributed by atoms with Crippen LogP contribution in [0.2, 0.25) is 0 Å². The van der Waals surface area contributed by atoms with E-state index in [9.17, 15) is 4.79 Å². The molecule has 2 aromatic heterocycles. The van der Waals surface area contributed by atoms with E-state index in [1.165, 1.54) is 11.4 Å². The van der Waals surface area contributed by atoms with E-state index < -0.39 is 0 Å². The second kappa shape index (κ2) is 7.50. The normalized spacial score (nSPS) is 20.2. The topological polar surface area (TPSA) is 84.9 Å². The molecule has 2 fully saturated rings. The monoisotopic (exact) mass is 421 g/mol. The summed E-state index contributed by atoms with van der Waals surface area (Å²) in [5, 5.41) is 3.50. The van der Waals surface area contributed by atoms with Gasteiger partial charge in [-0.3, -0.25) is 9.20 Å². The predicted molar refractivity (Wildman–Crippen MR) is 123 cm³/mol. The number of carbonyl (C=O) groups excluding carboxylic acids is 1. The highest BCUT2D eigenvalue weighted by molar-refractivity contribution is 6.03. The molecule has 0 radical (unpaired) electrons. The van der Waals surface area contributed by atoms with Gasteiger partial charge in [-0.05, 0) is 55.4 Å². The number of piperidine rings is 1. The molecule has 3 N–H and O–H groups in total. The summed E-state index contributed by atoms with van der Waals surface area (Å²) in [6.45, 7) is 4.54. The van der Waals surface area contributed by atoms with Gasteiger partial charge in [-0.1, -0.05) is 19.6 Å². The number of rotatable bonds is 2. The number of nitrogens with one attached hydrogen (secondary N) is 1. The number of imidazole rings is 1. The number of benzene rings is 1. The number of hydrogen-bond acceptors (Lipinski definition) is 5. The van der Waals surface area contributed by atoms with Crippen molar-refractivity contribution in [1.29, 1.82) is 0 Å². The average molecular weight is 422 g/mol. The molecule has 1 spiro atoms. The van der Waals surface area contributed by atoms with E-state index in [2.05, 4.69) is 20.7 Å². The number of carbonyl (C=O) groups is 1. The second-order valence-electron chi connectivity index (χ2n) is 8.83. The van der Waals surface area contributed by atoms with E-state index in [4.69, 9.17) is 15.5 Å². The number of primary amides is 1. The molecule has 0 unspecified atom stereocenters. The third-order valence-electron chi connectivity index (χ3n) is 7.14. The summed E-state index contributed by atoms with van der Waals surface area (Å²) in [5.41, 5.74) is 11.5. The van der Waals surface area contributed by atoms with Crippen LogP contribution < -0.4 is 16.0 Å². The Labute approximate surface area is 182 Å². The molecule has 7 heteroatoms. The van der Waals surface area contributed by atoms with Crippen molar-refractivity contribution >= 4 is 28.4 Å². The van der Waals surface area contributed by atoms with Crippen LogP contribution in [-0.2, 0) is 17.6 Å². The number of ether oxygens (including phenoxy) is 1. The molecular weight excluding hydrogens is 390 g/mol. The molecule has 164 valence electrons. The van der Waals surface area contributed by atoms with E-state index in [1.807, 2.05) is 18.2 Å². The van der Waals surface area contributed by atoms with Crippen molar-refractivity contribution in [3.63, 3.8) is 0 Å². The van der Waals surface area contributed by atoms with Crippen LogP contribution >= 0.6 is 0 Å². The lowest BCUT2D eigenvalue weighted by molar-refractivity contribution is -0.0800. The molecule has 1 aliphatic carbocycles. The van der Waals surface area contributed by atoms with Crippen LogP contribution in [0.25, 0.3) is 16.7 Å². The molecule has 4 heterocycles. The number of fused-ring (bicyclic) bond motifs is 4. The van der Waals surface area contributed by atoms with E-state index >= 15 is 0 Å². The lowest BCUT2D eigenvalue weighted by atomic mass is 9.89. The molecule has 1 aromatic carbocycles. The maximum atomic E-state index is 12.5. The molecule has 7 nitrogen and oxygen atoms in total. The number of para-hydroxylation sites is 2. The zero-order chi connectivity index (χ0) is 20.3. The fourth-order valence-electron chi connectivity index (χ4n) is 5.69. The highest BCUT2D eigenvalue weighted by Crippen LogP contribution is 2.40. The minimum Gasteiger partial charge on any atom is -0.372 e. The van der Waals surface area contributed by atoms with Gasteiger partial charge in [0.1, 0.15) is 5.82 Å². The van der Waals surface area contributed by atoms with Gasteiger partial charge in [0.15, 0.2) is 5.65 Å². The van der Waals surface area contributed by atoms with Crippen LogP contribution in [0.15, 0.2) is 24.3 Å². The van der Waals surface area contributed by atoms with E-state index in [0.29, 0.717) is 11.2 Å². The Morgan fingerprint density at radius 2 is 1.94 bits per heavy atom. The van der Waals surface area contributed by atoms with Crippen LogP contribution in [-0.4, -0.2) is 53.7 Å². The Morgan fingerprint density at radius 1 is 1.16 bits per heavy atom. The Balaban J connectivity index is 0.00000204. The molecule has 3 aliphatic rings. The van der Waals surface area contributed by atoms with Gasteiger partial charge >= 0.3 is 0 Å². The largest absolute Gasteiger partial charge is 0.372 e. The van der Waals surface area contributed by atoms with Crippen LogP contribution in [0.3, 0.4) is 0 Å². The summed E-state index contributed by atoms with van der Waals surface area (Å²) < 4.78 is 8.40. The molecule has 2 aliphatic heterocycles. The zero-order valence-electron chi connectivity index (χ0n) is 17.1. The van der Waals surface area contributed by atoms with Crippen molar-refractivity contribution in [3.05, 3.63) is 41.0 Å². The first-order valence-corrected chi connectivity index (χ1v) is 11.0. The Kier molecular flexibility index (Phi) is 4.90. The Morgan fingerprint density at radius 3 is 2.68 bits per heavy atom. The van der Waals surface area contributed by atoms with Gasteiger partial charge in [-0.15, -0.1) is 0 Å². The number of nitrogens with zero attached hydrogens (tertiary/aromatic N) is 3. The van der Waals surface area contributed by atoms with E-state index in [0.717, 1.165) is 81.5 Å². The number of pyridine rings is 1. The highest BCUT2D eigenvalue weighted by atomic mass is 16.5. The Hall–Kier alpha value is -2.64. The number of anilines is 1. The quantitative estimate of drug-likeness (QED) is 0.665. The Bertz CT molecular complexity index is 1150. The van der Waals surface area contributed by atoms with E-state index in [-0.39, 0.29) is 18.9 Å². The number of amides is 1. The minimum absolute atomic E-state index is 0. The fourth-order valence-corrected chi connectivity index (χ4v) is 5.69. The summed E-state index contributed by atoms with van der Waals surface area (Å²) in [4.78, 5) is 19.8. The number of nitrogens with two attached hydrogens (primary N) is 1. The molecular formula is C24H31N5O2. The molecule has 6 rings (SSSR count). The SMILES string of the molecule is C.NC(=O)c1c2c(c(N3CCC4(CC3)CNCCO4)n3c1nc1ccccc13)CCC2. The van der Waals surface area contributed by atoms with Gasteiger partial charge in [0.05, 0.1) is 28.8 Å². The summed E-state index contributed by atoms with van der Waals surface area (Å²) in [5.74, 6) is 0.828. The number of morpholine rings is 1. The maximum Gasteiger partial charge on any atom is 0.252 e. The fraction of sp³-hybridized carbons (Fsp3) is 0.500. The maximum absolute atomic E-state index is 12.5. The number of hydrogen-bond donors (Lipinski definition) is 2. The van der Waals surface area contributed by atoms with Crippen LogP contribution in [0, 0.1) is 0 Å². The van der Waals surface area contributed by atoms with E-state index in [1.54, 1.807) is 0 Å².